The fraction of sp³-hybridized carbons (Fsp3) is 0.0588. The van der Waals surface area contributed by atoms with Crippen LogP contribution in [0.2, 0.25) is 5.02 Å². The van der Waals surface area contributed by atoms with Gasteiger partial charge in [-0.3, -0.25) is 9.59 Å². The Morgan fingerprint density at radius 1 is 1.05 bits per heavy atom. The number of carbonyl (C=O) groups is 2. The van der Waals surface area contributed by atoms with Gasteiger partial charge in [-0.05, 0) is 17.7 Å². The van der Waals surface area contributed by atoms with Crippen molar-refractivity contribution in [3.8, 4) is 0 Å². The van der Waals surface area contributed by atoms with Crippen molar-refractivity contribution in [1.82, 2.24) is 5.32 Å². The molecule has 0 spiro atoms. The summed E-state index contributed by atoms with van der Waals surface area (Å²) >= 11 is 6.02. The van der Waals surface area contributed by atoms with E-state index in [4.69, 9.17) is 11.6 Å². The van der Waals surface area contributed by atoms with Crippen molar-refractivity contribution in [1.29, 1.82) is 0 Å². The minimum Gasteiger partial charge on any atom is -0.349 e. The van der Waals surface area contributed by atoms with Gasteiger partial charge >= 0.3 is 0 Å². The molecule has 2 aromatic rings. The SMILES string of the molecule is O=Cc1ccccc1C(=O)NC/C=C/c1ccccc1Cl. The summed E-state index contributed by atoms with van der Waals surface area (Å²) in [5, 5.41) is 3.39. The highest BCUT2D eigenvalue weighted by Crippen LogP contribution is 2.15. The van der Waals surface area contributed by atoms with E-state index >= 15 is 0 Å². The third-order valence-electron chi connectivity index (χ3n) is 2.92. The first kappa shape index (κ1) is 15.0. The zero-order chi connectivity index (χ0) is 15.1. The molecule has 0 aromatic heterocycles. The molecule has 0 aliphatic heterocycles. The molecule has 0 radical (unpaired) electrons. The summed E-state index contributed by atoms with van der Waals surface area (Å²) in [6.45, 7) is 0.358. The van der Waals surface area contributed by atoms with Gasteiger partial charge in [0, 0.05) is 22.7 Å². The van der Waals surface area contributed by atoms with Gasteiger partial charge in [0.05, 0.1) is 0 Å². The maximum absolute atomic E-state index is 12.0. The standard InChI is InChI=1S/C17H14ClNO2/c18-16-10-4-2-6-13(16)8-5-11-19-17(21)15-9-3-1-7-14(15)12-20/h1-10,12H,11H2,(H,19,21)/b8-5+. The van der Waals surface area contributed by atoms with Crippen LogP contribution in [0.15, 0.2) is 54.6 Å². The predicted molar refractivity (Wildman–Crippen MR) is 84.6 cm³/mol. The molecule has 106 valence electrons. The summed E-state index contributed by atoms with van der Waals surface area (Å²) in [6, 6.07) is 14.1. The van der Waals surface area contributed by atoms with Gasteiger partial charge < -0.3 is 5.32 Å². The van der Waals surface area contributed by atoms with Crippen LogP contribution < -0.4 is 5.32 Å². The van der Waals surface area contributed by atoms with Crippen LogP contribution in [0.5, 0.6) is 0 Å². The van der Waals surface area contributed by atoms with Crippen molar-refractivity contribution in [2.75, 3.05) is 6.54 Å². The average Bonchev–Trinajstić information content (AvgIpc) is 2.52. The lowest BCUT2D eigenvalue weighted by atomic mass is 10.1. The molecule has 21 heavy (non-hydrogen) atoms. The lowest BCUT2D eigenvalue weighted by Gasteiger charge is -2.04. The Balaban J connectivity index is 1.96. The van der Waals surface area contributed by atoms with Crippen LogP contribution in [0.25, 0.3) is 6.08 Å². The maximum Gasteiger partial charge on any atom is 0.252 e. The summed E-state index contributed by atoms with van der Waals surface area (Å²) in [4.78, 5) is 22.8. The molecule has 0 unspecified atom stereocenters. The topological polar surface area (TPSA) is 46.2 Å². The molecular formula is C17H14ClNO2. The van der Waals surface area contributed by atoms with Crippen molar-refractivity contribution in [2.45, 2.75) is 0 Å². The molecule has 4 heteroatoms. The monoisotopic (exact) mass is 299 g/mol. The first-order chi connectivity index (χ1) is 10.2. The van der Waals surface area contributed by atoms with Gasteiger partial charge in [0.25, 0.3) is 5.91 Å². The van der Waals surface area contributed by atoms with Crippen molar-refractivity contribution < 1.29 is 9.59 Å². The Kier molecular flexibility index (Phi) is 5.29. The number of halogens is 1. The second kappa shape index (κ2) is 7.41. The van der Waals surface area contributed by atoms with E-state index in [1.165, 1.54) is 0 Å². The van der Waals surface area contributed by atoms with E-state index in [0.717, 1.165) is 5.56 Å². The molecule has 3 nitrogen and oxygen atoms in total. The second-order valence-corrected chi connectivity index (χ2v) is 4.75. The Morgan fingerprint density at radius 2 is 1.71 bits per heavy atom. The molecule has 0 saturated heterocycles. The zero-order valence-corrected chi connectivity index (χ0v) is 12.0. The minimum absolute atomic E-state index is 0.276. The summed E-state index contributed by atoms with van der Waals surface area (Å²) < 4.78 is 0. The molecule has 0 aliphatic carbocycles. The molecule has 2 rings (SSSR count). The molecule has 0 fully saturated rings. The van der Waals surface area contributed by atoms with Gasteiger partial charge in [-0.15, -0.1) is 0 Å². The summed E-state index contributed by atoms with van der Waals surface area (Å²) in [7, 11) is 0. The Bertz CT molecular complexity index is 680. The Hall–Kier alpha value is -2.39. The van der Waals surface area contributed by atoms with Crippen LogP contribution >= 0.6 is 11.6 Å². The van der Waals surface area contributed by atoms with Crippen molar-refractivity contribution in [2.24, 2.45) is 0 Å². The van der Waals surface area contributed by atoms with E-state index in [9.17, 15) is 9.59 Å². The molecule has 0 atom stereocenters. The number of carbonyl (C=O) groups excluding carboxylic acids is 2. The van der Waals surface area contributed by atoms with Crippen LogP contribution in [0.4, 0.5) is 0 Å². The van der Waals surface area contributed by atoms with E-state index in [1.807, 2.05) is 30.4 Å². The minimum atomic E-state index is -0.276. The van der Waals surface area contributed by atoms with Crippen LogP contribution in [0, 0.1) is 0 Å². The normalized spacial score (nSPS) is 10.5. The van der Waals surface area contributed by atoms with E-state index in [0.29, 0.717) is 29.0 Å². The highest BCUT2D eigenvalue weighted by molar-refractivity contribution is 6.32. The molecule has 1 N–H and O–H groups in total. The number of benzene rings is 2. The molecule has 1 amide bonds. The average molecular weight is 300 g/mol. The van der Waals surface area contributed by atoms with E-state index in [2.05, 4.69) is 5.32 Å². The lowest BCUT2D eigenvalue weighted by Crippen LogP contribution is -2.24. The third-order valence-corrected chi connectivity index (χ3v) is 3.26. The highest BCUT2D eigenvalue weighted by Gasteiger charge is 2.08. The van der Waals surface area contributed by atoms with Crippen LogP contribution in [-0.2, 0) is 0 Å². The number of hydrogen-bond donors (Lipinski definition) is 1. The van der Waals surface area contributed by atoms with Crippen molar-refractivity contribution in [3.05, 3.63) is 76.3 Å². The summed E-state index contributed by atoms with van der Waals surface area (Å²) in [5.41, 5.74) is 1.64. The molecular weight excluding hydrogens is 286 g/mol. The summed E-state index contributed by atoms with van der Waals surface area (Å²) in [6.07, 6.45) is 4.32. The smallest absolute Gasteiger partial charge is 0.252 e. The number of hydrogen-bond acceptors (Lipinski definition) is 2. The van der Waals surface area contributed by atoms with E-state index in [-0.39, 0.29) is 5.91 Å². The predicted octanol–water partition coefficient (Wildman–Crippen LogP) is 3.60. The first-order valence-electron chi connectivity index (χ1n) is 6.46. The highest BCUT2D eigenvalue weighted by atomic mass is 35.5. The van der Waals surface area contributed by atoms with Crippen molar-refractivity contribution >= 4 is 29.9 Å². The van der Waals surface area contributed by atoms with Crippen LogP contribution in [-0.4, -0.2) is 18.7 Å². The van der Waals surface area contributed by atoms with E-state index < -0.39 is 0 Å². The second-order valence-electron chi connectivity index (χ2n) is 4.34. The van der Waals surface area contributed by atoms with Gasteiger partial charge in [-0.2, -0.15) is 0 Å². The van der Waals surface area contributed by atoms with E-state index in [1.54, 1.807) is 30.3 Å². The fourth-order valence-corrected chi connectivity index (χ4v) is 2.05. The fourth-order valence-electron chi connectivity index (χ4n) is 1.85. The molecule has 0 aliphatic rings. The number of amides is 1. The largest absolute Gasteiger partial charge is 0.349 e. The van der Waals surface area contributed by atoms with Gasteiger partial charge in [0.1, 0.15) is 0 Å². The van der Waals surface area contributed by atoms with Gasteiger partial charge in [-0.1, -0.05) is 60.2 Å². The zero-order valence-electron chi connectivity index (χ0n) is 11.3. The molecule has 0 saturated carbocycles. The van der Waals surface area contributed by atoms with Crippen LogP contribution in [0.1, 0.15) is 26.3 Å². The molecule has 2 aromatic carbocycles. The van der Waals surface area contributed by atoms with Gasteiger partial charge in [-0.25, -0.2) is 0 Å². The Labute approximate surface area is 128 Å². The summed E-state index contributed by atoms with van der Waals surface area (Å²) in [5.74, 6) is -0.276. The third kappa shape index (κ3) is 4.04. The number of rotatable bonds is 5. The molecule has 0 bridgehead atoms. The van der Waals surface area contributed by atoms with Crippen molar-refractivity contribution in [3.63, 3.8) is 0 Å². The van der Waals surface area contributed by atoms with Crippen LogP contribution in [0.3, 0.4) is 0 Å². The maximum atomic E-state index is 12.0. The Morgan fingerprint density at radius 3 is 2.43 bits per heavy atom. The first-order valence-corrected chi connectivity index (χ1v) is 6.83. The lowest BCUT2D eigenvalue weighted by molar-refractivity contribution is 0.0952. The number of nitrogens with one attached hydrogen (secondary N) is 1. The quantitative estimate of drug-likeness (QED) is 0.858. The molecule has 0 heterocycles. The number of aldehydes is 1. The van der Waals surface area contributed by atoms with Gasteiger partial charge in [0.2, 0.25) is 0 Å². The van der Waals surface area contributed by atoms with Gasteiger partial charge in [0.15, 0.2) is 6.29 Å².